The molecule has 0 unspecified atom stereocenters. The molecule has 1 amide bonds. The fraction of sp³-hybridized carbons (Fsp3) is 0.391. The van der Waals surface area contributed by atoms with Crippen LogP contribution in [0.3, 0.4) is 0 Å². The normalized spacial score (nSPS) is 18.6. The van der Waals surface area contributed by atoms with E-state index in [0.29, 0.717) is 30.6 Å². The van der Waals surface area contributed by atoms with Gasteiger partial charge in [0.25, 0.3) is 0 Å². The Bertz CT molecular complexity index is 883. The molecule has 0 bridgehead atoms. The summed E-state index contributed by atoms with van der Waals surface area (Å²) in [5, 5.41) is 24.0. The lowest BCUT2D eigenvalue weighted by Gasteiger charge is -2.29. The Kier molecular flexibility index (Phi) is 7.09. The van der Waals surface area contributed by atoms with Crippen LogP contribution >= 0.6 is 0 Å². The Morgan fingerprint density at radius 3 is 2.62 bits per heavy atom. The molecule has 6 heteroatoms. The van der Waals surface area contributed by atoms with Crippen LogP contribution in [0.25, 0.3) is 11.1 Å². The van der Waals surface area contributed by atoms with E-state index in [9.17, 15) is 4.79 Å². The summed E-state index contributed by atoms with van der Waals surface area (Å²) in [6.07, 6.45) is 3.18. The van der Waals surface area contributed by atoms with E-state index in [0.717, 1.165) is 48.1 Å². The van der Waals surface area contributed by atoms with Gasteiger partial charge in [-0.05, 0) is 67.0 Å². The first-order valence-electron chi connectivity index (χ1n) is 9.96. The maximum absolute atomic E-state index is 10.6. The van der Waals surface area contributed by atoms with Crippen molar-refractivity contribution in [2.75, 3.05) is 13.7 Å². The monoisotopic (exact) mass is 393 g/mol. The van der Waals surface area contributed by atoms with Crippen molar-refractivity contribution in [3.05, 3.63) is 53.6 Å². The minimum atomic E-state index is -0.947. The van der Waals surface area contributed by atoms with Crippen molar-refractivity contribution in [1.82, 2.24) is 10.6 Å². The largest absolute Gasteiger partial charge is 0.496 e. The summed E-state index contributed by atoms with van der Waals surface area (Å²) >= 11 is 0. The standard InChI is InChI=1S/C23H27N3O3/c1-29-22-10-7-19(18-4-2-3-17(11-18)13-24)12-20(22)15-25-21-8-5-16(6-9-21)14-26-23(27)28/h2-4,7,10-12,16,21,25-26H,5-6,8-9,14-15H2,1H3,(H,27,28). The van der Waals surface area contributed by atoms with Gasteiger partial charge >= 0.3 is 6.09 Å². The molecule has 152 valence electrons. The zero-order valence-electron chi connectivity index (χ0n) is 16.6. The van der Waals surface area contributed by atoms with Crippen molar-refractivity contribution in [3.63, 3.8) is 0 Å². The Balaban J connectivity index is 1.62. The van der Waals surface area contributed by atoms with E-state index in [1.807, 2.05) is 30.3 Å². The van der Waals surface area contributed by atoms with Crippen LogP contribution in [0.2, 0.25) is 0 Å². The van der Waals surface area contributed by atoms with E-state index in [-0.39, 0.29) is 0 Å². The molecule has 0 aromatic heterocycles. The van der Waals surface area contributed by atoms with E-state index < -0.39 is 6.09 Å². The summed E-state index contributed by atoms with van der Waals surface area (Å²) in [7, 11) is 1.68. The summed E-state index contributed by atoms with van der Waals surface area (Å²) < 4.78 is 5.54. The topological polar surface area (TPSA) is 94.4 Å². The molecule has 3 N–H and O–H groups in total. The molecule has 6 nitrogen and oxygen atoms in total. The predicted octanol–water partition coefficient (Wildman–Crippen LogP) is 4.15. The second-order valence-corrected chi connectivity index (χ2v) is 7.50. The molecule has 1 aliphatic carbocycles. The van der Waals surface area contributed by atoms with Crippen molar-refractivity contribution in [2.45, 2.75) is 38.3 Å². The lowest BCUT2D eigenvalue weighted by molar-refractivity contribution is 0.189. The molecular weight excluding hydrogens is 366 g/mol. The molecule has 3 rings (SSSR count). The van der Waals surface area contributed by atoms with Gasteiger partial charge in [-0.1, -0.05) is 18.2 Å². The smallest absolute Gasteiger partial charge is 0.404 e. The number of nitrogens with zero attached hydrogens (tertiary/aromatic N) is 1. The summed E-state index contributed by atoms with van der Waals surface area (Å²) in [5.74, 6) is 1.27. The van der Waals surface area contributed by atoms with Crippen LogP contribution in [0.15, 0.2) is 42.5 Å². The fourth-order valence-corrected chi connectivity index (χ4v) is 3.92. The number of carbonyl (C=O) groups is 1. The zero-order valence-corrected chi connectivity index (χ0v) is 16.6. The number of carboxylic acid groups (broad SMARTS) is 1. The average molecular weight is 393 g/mol. The highest BCUT2D eigenvalue weighted by atomic mass is 16.5. The minimum Gasteiger partial charge on any atom is -0.496 e. The van der Waals surface area contributed by atoms with Gasteiger partial charge in [-0.2, -0.15) is 5.26 Å². The van der Waals surface area contributed by atoms with Crippen LogP contribution in [-0.2, 0) is 6.54 Å². The maximum Gasteiger partial charge on any atom is 0.404 e. The molecule has 0 aliphatic heterocycles. The Morgan fingerprint density at radius 1 is 1.17 bits per heavy atom. The summed E-state index contributed by atoms with van der Waals surface area (Å²) in [6, 6.07) is 16.3. The quantitative estimate of drug-likeness (QED) is 0.657. The van der Waals surface area contributed by atoms with E-state index in [2.05, 4.69) is 22.8 Å². The molecule has 1 aliphatic rings. The van der Waals surface area contributed by atoms with Gasteiger partial charge in [0, 0.05) is 24.7 Å². The average Bonchev–Trinajstić information content (AvgIpc) is 2.76. The number of nitrogens with one attached hydrogen (secondary N) is 2. The molecule has 0 radical (unpaired) electrons. The molecule has 1 fully saturated rings. The molecule has 0 heterocycles. The zero-order chi connectivity index (χ0) is 20.6. The van der Waals surface area contributed by atoms with Crippen LogP contribution in [0.5, 0.6) is 5.75 Å². The van der Waals surface area contributed by atoms with Gasteiger partial charge < -0.3 is 20.5 Å². The fourth-order valence-electron chi connectivity index (χ4n) is 3.92. The second kappa shape index (κ2) is 9.94. The van der Waals surface area contributed by atoms with Crippen molar-refractivity contribution >= 4 is 6.09 Å². The van der Waals surface area contributed by atoms with Crippen molar-refractivity contribution < 1.29 is 14.6 Å². The number of hydrogen-bond donors (Lipinski definition) is 3. The van der Waals surface area contributed by atoms with Crippen LogP contribution < -0.4 is 15.4 Å². The first-order valence-corrected chi connectivity index (χ1v) is 9.96. The third kappa shape index (κ3) is 5.72. The number of benzene rings is 2. The molecule has 1 saturated carbocycles. The highest BCUT2D eigenvalue weighted by Crippen LogP contribution is 2.28. The summed E-state index contributed by atoms with van der Waals surface area (Å²) in [5.41, 5.74) is 3.80. The van der Waals surface area contributed by atoms with Crippen molar-refractivity contribution in [1.29, 1.82) is 5.26 Å². The van der Waals surface area contributed by atoms with Gasteiger partial charge in [0.05, 0.1) is 18.7 Å². The van der Waals surface area contributed by atoms with Crippen LogP contribution in [0, 0.1) is 17.2 Å². The van der Waals surface area contributed by atoms with Gasteiger partial charge in [0.15, 0.2) is 0 Å². The number of hydrogen-bond acceptors (Lipinski definition) is 4. The van der Waals surface area contributed by atoms with Crippen molar-refractivity contribution in [2.24, 2.45) is 5.92 Å². The van der Waals surface area contributed by atoms with Crippen LogP contribution in [0.4, 0.5) is 4.79 Å². The van der Waals surface area contributed by atoms with Crippen LogP contribution in [0.1, 0.15) is 36.8 Å². The number of ether oxygens (including phenoxy) is 1. The first-order chi connectivity index (χ1) is 14.1. The van der Waals surface area contributed by atoms with E-state index in [4.69, 9.17) is 15.1 Å². The highest BCUT2D eigenvalue weighted by Gasteiger charge is 2.21. The number of methoxy groups -OCH3 is 1. The van der Waals surface area contributed by atoms with Gasteiger partial charge in [-0.25, -0.2) is 4.79 Å². The molecule has 0 spiro atoms. The number of amides is 1. The summed E-state index contributed by atoms with van der Waals surface area (Å²) in [6.45, 7) is 1.25. The minimum absolute atomic E-state index is 0.423. The predicted molar refractivity (Wildman–Crippen MR) is 112 cm³/mol. The van der Waals surface area contributed by atoms with E-state index in [1.165, 1.54) is 0 Å². The highest BCUT2D eigenvalue weighted by molar-refractivity contribution is 5.67. The first kappa shape index (κ1) is 20.7. The Labute approximate surface area is 171 Å². The molecule has 29 heavy (non-hydrogen) atoms. The van der Waals surface area contributed by atoms with Gasteiger partial charge in [-0.3, -0.25) is 0 Å². The van der Waals surface area contributed by atoms with E-state index in [1.54, 1.807) is 13.2 Å². The molecule has 0 saturated heterocycles. The molecular formula is C23H27N3O3. The van der Waals surface area contributed by atoms with Gasteiger partial charge in [0.2, 0.25) is 0 Å². The Hall–Kier alpha value is -3.04. The Morgan fingerprint density at radius 2 is 1.93 bits per heavy atom. The maximum atomic E-state index is 10.6. The van der Waals surface area contributed by atoms with Gasteiger partial charge in [-0.15, -0.1) is 0 Å². The number of nitriles is 1. The molecule has 0 atom stereocenters. The SMILES string of the molecule is COc1ccc(-c2cccc(C#N)c2)cc1CNC1CCC(CNC(=O)O)CC1. The van der Waals surface area contributed by atoms with E-state index >= 15 is 0 Å². The summed E-state index contributed by atoms with van der Waals surface area (Å²) in [4.78, 5) is 10.6. The van der Waals surface area contributed by atoms with Gasteiger partial charge in [0.1, 0.15) is 5.75 Å². The lowest BCUT2D eigenvalue weighted by atomic mass is 9.86. The lowest BCUT2D eigenvalue weighted by Crippen LogP contribution is -2.36. The number of rotatable bonds is 7. The van der Waals surface area contributed by atoms with Crippen molar-refractivity contribution in [3.8, 4) is 22.9 Å². The second-order valence-electron chi connectivity index (χ2n) is 7.50. The third-order valence-corrected chi connectivity index (χ3v) is 5.58. The van der Waals surface area contributed by atoms with Crippen LogP contribution in [-0.4, -0.2) is 30.9 Å². The molecule has 2 aromatic carbocycles. The molecule has 2 aromatic rings. The third-order valence-electron chi connectivity index (χ3n) is 5.58.